The van der Waals surface area contributed by atoms with E-state index in [1.807, 2.05) is 38.1 Å². The van der Waals surface area contributed by atoms with E-state index in [1.54, 1.807) is 59.2 Å². The summed E-state index contributed by atoms with van der Waals surface area (Å²) in [6, 6.07) is 13.9. The average Bonchev–Trinajstić information content (AvgIpc) is 3.37. The predicted octanol–water partition coefficient (Wildman–Crippen LogP) is 5.60. The molecule has 11 heteroatoms. The number of nitrogens with zero attached hydrogens (tertiary/aromatic N) is 6. The van der Waals surface area contributed by atoms with Gasteiger partial charge in [-0.25, -0.2) is 14.5 Å². The fourth-order valence-electron chi connectivity index (χ4n) is 4.48. The fraction of sp³-hybridized carbons (Fsp3) is 0.267. The van der Waals surface area contributed by atoms with Crippen LogP contribution in [0.3, 0.4) is 0 Å². The molecule has 0 aliphatic heterocycles. The van der Waals surface area contributed by atoms with Crippen molar-refractivity contribution in [3.8, 4) is 16.8 Å². The van der Waals surface area contributed by atoms with E-state index < -0.39 is 6.03 Å². The van der Waals surface area contributed by atoms with Gasteiger partial charge in [-0.05, 0) is 49.7 Å². The van der Waals surface area contributed by atoms with E-state index in [9.17, 15) is 9.59 Å². The molecule has 0 aliphatic carbocycles. The topological polar surface area (TPSA) is 132 Å². The van der Waals surface area contributed by atoms with E-state index in [2.05, 4.69) is 51.7 Å². The minimum Gasteiger partial charge on any atom is -0.357 e. The van der Waals surface area contributed by atoms with Crippen LogP contribution >= 0.6 is 0 Å². The second-order valence-corrected chi connectivity index (χ2v) is 11.0. The number of nitrogens with one attached hydrogen (secondary N) is 3. The van der Waals surface area contributed by atoms with E-state index in [1.165, 1.54) is 0 Å². The number of anilines is 3. The molecule has 0 radical (unpaired) electrons. The first-order valence-electron chi connectivity index (χ1n) is 13.3. The van der Waals surface area contributed by atoms with E-state index >= 15 is 0 Å². The lowest BCUT2D eigenvalue weighted by molar-refractivity contribution is 0.262. The molecule has 2 amide bonds. The Balaban J connectivity index is 1.46. The number of benzene rings is 1. The van der Waals surface area contributed by atoms with Gasteiger partial charge in [0.05, 0.1) is 17.6 Å². The zero-order valence-corrected chi connectivity index (χ0v) is 23.9. The largest absolute Gasteiger partial charge is 0.357 e. The van der Waals surface area contributed by atoms with Crippen LogP contribution in [0.1, 0.15) is 46.4 Å². The molecule has 4 heterocycles. The lowest BCUT2D eigenvalue weighted by Gasteiger charge is -2.16. The highest BCUT2D eigenvalue weighted by atomic mass is 16.2. The smallest absolute Gasteiger partial charge is 0.324 e. The van der Waals surface area contributed by atoms with Crippen molar-refractivity contribution in [1.82, 2.24) is 29.3 Å². The van der Waals surface area contributed by atoms with Crippen LogP contribution in [0.5, 0.6) is 0 Å². The molecule has 11 nitrogen and oxygen atoms in total. The van der Waals surface area contributed by atoms with Crippen molar-refractivity contribution in [3.63, 3.8) is 0 Å². The fourth-order valence-corrected chi connectivity index (χ4v) is 4.48. The molecule has 3 N–H and O–H groups in total. The van der Waals surface area contributed by atoms with Gasteiger partial charge in [0.2, 0.25) is 5.95 Å². The van der Waals surface area contributed by atoms with Crippen LogP contribution in [-0.2, 0) is 5.41 Å². The Labute approximate surface area is 237 Å². The molecule has 5 aromatic rings. The highest BCUT2D eigenvalue weighted by Gasteiger charge is 2.22. The molecule has 0 spiro atoms. The number of hydrogen-bond acceptors (Lipinski definition) is 7. The van der Waals surface area contributed by atoms with Gasteiger partial charge in [0.1, 0.15) is 11.5 Å². The van der Waals surface area contributed by atoms with Crippen molar-refractivity contribution in [2.45, 2.75) is 46.1 Å². The monoisotopic (exact) mass is 551 g/mol. The molecule has 210 valence electrons. The van der Waals surface area contributed by atoms with Gasteiger partial charge in [-0.3, -0.25) is 19.7 Å². The van der Waals surface area contributed by atoms with E-state index in [0.717, 1.165) is 16.8 Å². The van der Waals surface area contributed by atoms with Crippen LogP contribution in [0.25, 0.3) is 27.8 Å². The summed E-state index contributed by atoms with van der Waals surface area (Å²) in [5.41, 5.74) is 3.38. The molecule has 0 bridgehead atoms. The van der Waals surface area contributed by atoms with Crippen LogP contribution in [0.2, 0.25) is 0 Å². The molecule has 4 aromatic heterocycles. The predicted molar refractivity (Wildman–Crippen MR) is 162 cm³/mol. The van der Waals surface area contributed by atoms with E-state index in [4.69, 9.17) is 5.10 Å². The van der Waals surface area contributed by atoms with E-state index in [-0.39, 0.29) is 17.0 Å². The Morgan fingerprint density at radius 3 is 2.49 bits per heavy atom. The van der Waals surface area contributed by atoms with Crippen molar-refractivity contribution in [2.24, 2.45) is 0 Å². The number of aromatic nitrogens is 6. The summed E-state index contributed by atoms with van der Waals surface area (Å²) in [4.78, 5) is 39.8. The van der Waals surface area contributed by atoms with E-state index in [0.29, 0.717) is 34.2 Å². The van der Waals surface area contributed by atoms with Gasteiger partial charge < -0.3 is 10.6 Å². The van der Waals surface area contributed by atoms with Gasteiger partial charge in [-0.2, -0.15) is 10.1 Å². The highest BCUT2D eigenvalue weighted by molar-refractivity contribution is 6.00. The Hall–Kier alpha value is -5.06. The maximum atomic E-state index is 13.6. The van der Waals surface area contributed by atoms with Gasteiger partial charge in [0.25, 0.3) is 5.56 Å². The molecule has 0 saturated heterocycles. The van der Waals surface area contributed by atoms with Gasteiger partial charge >= 0.3 is 6.03 Å². The number of urea groups is 1. The third-order valence-corrected chi connectivity index (χ3v) is 6.55. The first-order chi connectivity index (χ1) is 19.5. The standard InChI is InChI=1S/C30H33N9O2/c1-18(2)38-26-20(16-33-28(31-6)36-26)14-23(27(38)40)19-9-7-10-21(13-19)34-29(41)35-25-15-24(30(3,4)5)37-39(25)22-11-8-12-32-17-22/h7-18H,1-6H3,(H,31,33,36)(H2,34,35,41). The van der Waals surface area contributed by atoms with Crippen molar-refractivity contribution in [2.75, 3.05) is 23.0 Å². The van der Waals surface area contributed by atoms with Crippen LogP contribution in [-0.4, -0.2) is 42.4 Å². The number of carbonyl (C=O) groups excluding carboxylic acids is 1. The molecule has 0 saturated carbocycles. The Kier molecular flexibility index (Phi) is 7.27. The van der Waals surface area contributed by atoms with Crippen LogP contribution < -0.4 is 21.5 Å². The third kappa shape index (κ3) is 5.65. The van der Waals surface area contributed by atoms with Gasteiger partial charge in [-0.15, -0.1) is 0 Å². The second kappa shape index (κ2) is 10.8. The average molecular weight is 552 g/mol. The molecular formula is C30H33N9O2. The first kappa shape index (κ1) is 27.5. The molecule has 0 aliphatic rings. The number of rotatable bonds is 6. The van der Waals surface area contributed by atoms with Crippen LogP contribution in [0.4, 0.5) is 22.2 Å². The summed E-state index contributed by atoms with van der Waals surface area (Å²) < 4.78 is 3.32. The normalized spacial score (nSPS) is 11.6. The zero-order chi connectivity index (χ0) is 29.3. The molecule has 5 rings (SSSR count). The molecular weight excluding hydrogens is 518 g/mol. The lowest BCUT2D eigenvalue weighted by atomic mass is 9.92. The summed E-state index contributed by atoms with van der Waals surface area (Å²) >= 11 is 0. The SMILES string of the molecule is CNc1ncc2cc(-c3cccc(NC(=O)Nc4cc(C(C)(C)C)nn4-c4cccnc4)c3)c(=O)n(C(C)C)c2n1. The summed E-state index contributed by atoms with van der Waals surface area (Å²) in [5, 5.41) is 14.2. The maximum absolute atomic E-state index is 13.6. The van der Waals surface area contributed by atoms with Crippen LogP contribution in [0, 0.1) is 0 Å². The molecule has 0 unspecified atom stereocenters. The quantitative estimate of drug-likeness (QED) is 0.250. The Bertz CT molecular complexity index is 1780. The zero-order valence-electron chi connectivity index (χ0n) is 23.9. The van der Waals surface area contributed by atoms with Crippen molar-refractivity contribution < 1.29 is 4.79 Å². The van der Waals surface area contributed by atoms with Crippen molar-refractivity contribution in [1.29, 1.82) is 0 Å². The highest BCUT2D eigenvalue weighted by Crippen LogP contribution is 2.27. The van der Waals surface area contributed by atoms with Crippen LogP contribution in [0.15, 0.2) is 71.9 Å². The minimum atomic E-state index is -0.446. The Morgan fingerprint density at radius 2 is 1.80 bits per heavy atom. The summed E-state index contributed by atoms with van der Waals surface area (Å²) in [6.07, 6.45) is 5.06. The lowest BCUT2D eigenvalue weighted by Crippen LogP contribution is -2.25. The van der Waals surface area contributed by atoms with Gasteiger partial charge in [0.15, 0.2) is 0 Å². The molecule has 41 heavy (non-hydrogen) atoms. The van der Waals surface area contributed by atoms with Gasteiger partial charge in [0, 0.05) is 53.6 Å². The van der Waals surface area contributed by atoms with Gasteiger partial charge in [-0.1, -0.05) is 32.9 Å². The van der Waals surface area contributed by atoms with Crippen molar-refractivity contribution in [3.05, 3.63) is 83.2 Å². The first-order valence-corrected chi connectivity index (χ1v) is 13.3. The summed E-state index contributed by atoms with van der Waals surface area (Å²) in [6.45, 7) is 10.1. The minimum absolute atomic E-state index is 0.126. The van der Waals surface area contributed by atoms with Crippen molar-refractivity contribution >= 4 is 34.5 Å². The molecule has 0 atom stereocenters. The third-order valence-electron chi connectivity index (χ3n) is 6.55. The summed E-state index contributed by atoms with van der Waals surface area (Å²) in [5.74, 6) is 0.947. The molecule has 0 fully saturated rings. The number of hydrogen-bond donors (Lipinski definition) is 3. The number of carbonyl (C=O) groups is 1. The number of fused-ring (bicyclic) bond motifs is 1. The number of amides is 2. The number of pyridine rings is 2. The Morgan fingerprint density at radius 1 is 1.00 bits per heavy atom. The second-order valence-electron chi connectivity index (χ2n) is 11.0. The molecule has 1 aromatic carbocycles. The maximum Gasteiger partial charge on any atom is 0.324 e. The summed E-state index contributed by atoms with van der Waals surface area (Å²) in [7, 11) is 1.73.